The highest BCUT2D eigenvalue weighted by Crippen LogP contribution is 2.41. The van der Waals surface area contributed by atoms with Gasteiger partial charge in [-0.3, -0.25) is 4.79 Å². The van der Waals surface area contributed by atoms with Gasteiger partial charge in [-0.15, -0.1) is 0 Å². The van der Waals surface area contributed by atoms with E-state index in [2.05, 4.69) is 13.8 Å². The summed E-state index contributed by atoms with van der Waals surface area (Å²) in [5.41, 5.74) is 0.977. The van der Waals surface area contributed by atoms with E-state index in [1.165, 1.54) is 12.1 Å². The molecule has 0 bridgehead atoms. The molecule has 2 rings (SSSR count). The first-order valence-corrected chi connectivity index (χ1v) is 8.86. The molecule has 0 aliphatic carbocycles. The molecule has 2 nitrogen and oxygen atoms in total. The second kappa shape index (κ2) is 7.21. The van der Waals surface area contributed by atoms with Crippen molar-refractivity contribution in [2.75, 3.05) is 13.1 Å². The van der Waals surface area contributed by atoms with Gasteiger partial charge in [-0.25, -0.2) is 4.39 Å². The van der Waals surface area contributed by atoms with Crippen molar-refractivity contribution in [3.8, 4) is 0 Å². The molecule has 1 saturated heterocycles. The number of nitrogens with zero attached hydrogens (tertiary/aromatic N) is 1. The molecule has 23 heavy (non-hydrogen) atoms. The van der Waals surface area contributed by atoms with Crippen molar-refractivity contribution in [1.29, 1.82) is 0 Å². The molecule has 1 aliphatic heterocycles. The van der Waals surface area contributed by atoms with Crippen LogP contribution in [0.2, 0.25) is 5.02 Å². The molecule has 4 heteroatoms. The molecule has 1 unspecified atom stereocenters. The summed E-state index contributed by atoms with van der Waals surface area (Å²) < 4.78 is 13.3. The van der Waals surface area contributed by atoms with Crippen molar-refractivity contribution in [3.63, 3.8) is 0 Å². The van der Waals surface area contributed by atoms with Crippen molar-refractivity contribution in [3.05, 3.63) is 34.6 Å². The van der Waals surface area contributed by atoms with Gasteiger partial charge in [-0.05, 0) is 48.3 Å². The molecule has 1 aromatic rings. The topological polar surface area (TPSA) is 20.3 Å². The number of hydrogen-bond acceptors (Lipinski definition) is 1. The summed E-state index contributed by atoms with van der Waals surface area (Å²) in [6, 6.07) is 4.63. The van der Waals surface area contributed by atoms with E-state index in [-0.39, 0.29) is 23.1 Å². The summed E-state index contributed by atoms with van der Waals surface area (Å²) in [6.07, 6.45) is 2.86. The number of piperidine rings is 1. The number of benzene rings is 1. The third kappa shape index (κ3) is 4.06. The van der Waals surface area contributed by atoms with E-state index in [1.54, 1.807) is 6.07 Å². The predicted octanol–water partition coefficient (Wildman–Crippen LogP) is 4.94. The van der Waals surface area contributed by atoms with Gasteiger partial charge >= 0.3 is 0 Å². The molecule has 128 valence electrons. The van der Waals surface area contributed by atoms with Gasteiger partial charge in [-0.1, -0.05) is 45.4 Å². The maximum Gasteiger partial charge on any atom is 0.225 e. The quantitative estimate of drug-likeness (QED) is 0.760. The van der Waals surface area contributed by atoms with E-state index in [4.69, 9.17) is 11.6 Å². The molecular weight excluding hydrogens is 313 g/mol. The molecule has 1 aliphatic rings. The van der Waals surface area contributed by atoms with Crippen molar-refractivity contribution in [2.45, 2.75) is 47.0 Å². The fourth-order valence-electron chi connectivity index (χ4n) is 3.58. The van der Waals surface area contributed by atoms with Crippen molar-refractivity contribution < 1.29 is 9.18 Å². The number of amides is 1. The summed E-state index contributed by atoms with van der Waals surface area (Å²) in [7, 11) is 0. The zero-order valence-electron chi connectivity index (χ0n) is 14.5. The van der Waals surface area contributed by atoms with E-state index in [0.717, 1.165) is 37.9 Å². The second-order valence-electron chi connectivity index (χ2n) is 7.45. The van der Waals surface area contributed by atoms with Crippen LogP contribution in [0.1, 0.15) is 46.1 Å². The lowest BCUT2D eigenvalue weighted by molar-refractivity contribution is -0.139. The first-order chi connectivity index (χ1) is 10.7. The van der Waals surface area contributed by atoms with E-state index >= 15 is 0 Å². The van der Waals surface area contributed by atoms with Crippen LogP contribution in [0.4, 0.5) is 4.39 Å². The summed E-state index contributed by atoms with van der Waals surface area (Å²) in [4.78, 5) is 14.4. The van der Waals surface area contributed by atoms with E-state index < -0.39 is 0 Å². The highest BCUT2D eigenvalue weighted by molar-refractivity contribution is 6.31. The Balaban J connectivity index is 2.26. The minimum atomic E-state index is -0.308. The lowest BCUT2D eigenvalue weighted by Crippen LogP contribution is -2.50. The van der Waals surface area contributed by atoms with Gasteiger partial charge in [0, 0.05) is 24.0 Å². The standard InChI is InChI=1S/C19H27ClFNO/c1-13(2)18(23)22-9-5-8-19(12-22,14(3)4)11-15-6-7-16(21)10-17(15)20/h6-7,10,13-14H,5,8-9,11-12H2,1-4H3. The molecule has 1 atom stereocenters. The summed E-state index contributed by atoms with van der Waals surface area (Å²) >= 11 is 6.24. The number of halogens is 2. The molecule has 0 saturated carbocycles. The van der Waals surface area contributed by atoms with Crippen LogP contribution in [0.3, 0.4) is 0 Å². The van der Waals surface area contributed by atoms with Crippen molar-refractivity contribution in [1.82, 2.24) is 4.90 Å². The second-order valence-corrected chi connectivity index (χ2v) is 7.85. The Bertz CT molecular complexity index is 572. The minimum Gasteiger partial charge on any atom is -0.342 e. The first kappa shape index (κ1) is 18.3. The lowest BCUT2D eigenvalue weighted by Gasteiger charge is -2.46. The first-order valence-electron chi connectivity index (χ1n) is 8.48. The van der Waals surface area contributed by atoms with Crippen LogP contribution in [-0.4, -0.2) is 23.9 Å². The average Bonchev–Trinajstić information content (AvgIpc) is 2.49. The number of rotatable bonds is 4. The Kier molecular flexibility index (Phi) is 5.72. The molecule has 1 heterocycles. The summed E-state index contributed by atoms with van der Waals surface area (Å²) in [5, 5.41) is 0.484. The van der Waals surface area contributed by atoms with Gasteiger partial charge in [0.05, 0.1) is 0 Å². The SMILES string of the molecule is CC(C)C(=O)N1CCCC(Cc2ccc(F)cc2Cl)(C(C)C)C1. The Morgan fingerprint density at radius 1 is 1.35 bits per heavy atom. The van der Waals surface area contributed by atoms with Crippen LogP contribution in [0.25, 0.3) is 0 Å². The van der Waals surface area contributed by atoms with E-state index in [0.29, 0.717) is 10.9 Å². The smallest absolute Gasteiger partial charge is 0.225 e. The molecule has 1 amide bonds. The molecular formula is C19H27ClFNO. The zero-order chi connectivity index (χ0) is 17.2. The third-order valence-electron chi connectivity index (χ3n) is 5.20. The van der Waals surface area contributed by atoms with Crippen LogP contribution in [-0.2, 0) is 11.2 Å². The highest BCUT2D eigenvalue weighted by atomic mass is 35.5. The molecule has 0 spiro atoms. The minimum absolute atomic E-state index is 0.00424. The van der Waals surface area contributed by atoms with Crippen LogP contribution in [0.5, 0.6) is 0 Å². The van der Waals surface area contributed by atoms with Crippen LogP contribution in [0, 0.1) is 23.1 Å². The molecule has 1 fully saturated rings. The molecule has 0 radical (unpaired) electrons. The predicted molar refractivity (Wildman–Crippen MR) is 93.0 cm³/mol. The molecule has 0 N–H and O–H groups in total. The summed E-state index contributed by atoms with van der Waals surface area (Å²) in [6.45, 7) is 9.91. The Labute approximate surface area is 144 Å². The highest BCUT2D eigenvalue weighted by Gasteiger charge is 2.40. The van der Waals surface area contributed by atoms with Gasteiger partial charge in [0.1, 0.15) is 5.82 Å². The maximum atomic E-state index is 13.3. The van der Waals surface area contributed by atoms with Gasteiger partial charge < -0.3 is 4.90 Å². The van der Waals surface area contributed by atoms with Crippen LogP contribution in [0.15, 0.2) is 18.2 Å². The normalized spacial score (nSPS) is 22.0. The van der Waals surface area contributed by atoms with Crippen LogP contribution < -0.4 is 0 Å². The third-order valence-corrected chi connectivity index (χ3v) is 5.55. The monoisotopic (exact) mass is 339 g/mol. The Morgan fingerprint density at radius 2 is 2.04 bits per heavy atom. The molecule has 1 aromatic carbocycles. The number of hydrogen-bond donors (Lipinski definition) is 0. The van der Waals surface area contributed by atoms with Gasteiger partial charge in [-0.2, -0.15) is 0 Å². The average molecular weight is 340 g/mol. The Morgan fingerprint density at radius 3 is 2.61 bits per heavy atom. The van der Waals surface area contributed by atoms with Gasteiger partial charge in [0.15, 0.2) is 0 Å². The largest absolute Gasteiger partial charge is 0.342 e. The fraction of sp³-hybridized carbons (Fsp3) is 0.632. The van der Waals surface area contributed by atoms with Gasteiger partial charge in [0.25, 0.3) is 0 Å². The van der Waals surface area contributed by atoms with E-state index in [1.807, 2.05) is 18.7 Å². The van der Waals surface area contributed by atoms with Crippen molar-refractivity contribution >= 4 is 17.5 Å². The van der Waals surface area contributed by atoms with E-state index in [9.17, 15) is 9.18 Å². The maximum absolute atomic E-state index is 13.3. The Hall–Kier alpha value is -1.09. The lowest BCUT2D eigenvalue weighted by atomic mass is 9.67. The number of carbonyl (C=O) groups excluding carboxylic acids is 1. The van der Waals surface area contributed by atoms with Crippen molar-refractivity contribution in [2.24, 2.45) is 17.3 Å². The van der Waals surface area contributed by atoms with Crippen LogP contribution >= 0.6 is 11.6 Å². The number of carbonyl (C=O) groups is 1. The number of likely N-dealkylation sites (tertiary alicyclic amines) is 1. The zero-order valence-corrected chi connectivity index (χ0v) is 15.3. The summed E-state index contributed by atoms with van der Waals surface area (Å²) in [5.74, 6) is 0.358. The fourth-order valence-corrected chi connectivity index (χ4v) is 3.81. The molecule has 0 aromatic heterocycles. The van der Waals surface area contributed by atoms with Gasteiger partial charge in [0.2, 0.25) is 5.91 Å².